The fraction of sp³-hybridized carbons (Fsp3) is 0.500. The summed E-state index contributed by atoms with van der Waals surface area (Å²) >= 11 is 0. The van der Waals surface area contributed by atoms with E-state index in [2.05, 4.69) is 0 Å². The van der Waals surface area contributed by atoms with Gasteiger partial charge >= 0.3 is 0 Å². The zero-order valence-corrected chi connectivity index (χ0v) is 14.4. The molecule has 1 saturated heterocycles. The molecule has 0 unspecified atom stereocenters. The zero-order chi connectivity index (χ0) is 17.3. The van der Waals surface area contributed by atoms with Crippen LogP contribution in [0.4, 0.5) is 0 Å². The Bertz CT molecular complexity index is 719. The minimum Gasteiger partial charge on any atom is -0.340 e. The molecule has 0 radical (unpaired) electrons. The fourth-order valence-corrected chi connectivity index (χ4v) is 3.88. The van der Waals surface area contributed by atoms with Gasteiger partial charge in [-0.05, 0) is 24.3 Å². The van der Waals surface area contributed by atoms with E-state index >= 15 is 0 Å². The van der Waals surface area contributed by atoms with Crippen molar-refractivity contribution in [1.82, 2.24) is 9.21 Å². The van der Waals surface area contributed by atoms with Crippen LogP contribution in [-0.4, -0.2) is 49.7 Å². The van der Waals surface area contributed by atoms with Crippen LogP contribution in [0, 0.1) is 16.7 Å². The van der Waals surface area contributed by atoms with E-state index in [1.807, 2.05) is 26.8 Å². The van der Waals surface area contributed by atoms with E-state index in [1.54, 1.807) is 4.90 Å². The highest BCUT2D eigenvalue weighted by Crippen LogP contribution is 2.22. The van der Waals surface area contributed by atoms with Gasteiger partial charge in [-0.2, -0.15) is 9.57 Å². The first-order valence-corrected chi connectivity index (χ1v) is 8.90. The van der Waals surface area contributed by atoms with Gasteiger partial charge in [-0.15, -0.1) is 0 Å². The lowest BCUT2D eigenvalue weighted by atomic mass is 9.94. The first kappa shape index (κ1) is 17.4. The molecule has 1 aliphatic rings. The summed E-state index contributed by atoms with van der Waals surface area (Å²) in [5.74, 6) is 0.0351. The van der Waals surface area contributed by atoms with Gasteiger partial charge in [-0.3, -0.25) is 4.79 Å². The summed E-state index contributed by atoms with van der Waals surface area (Å²) in [5, 5.41) is 8.78. The molecule has 6 nitrogen and oxygen atoms in total. The van der Waals surface area contributed by atoms with Crippen LogP contribution in [0.5, 0.6) is 0 Å². The number of carbonyl (C=O) groups excluding carboxylic acids is 1. The standard InChI is InChI=1S/C16H21N3O3S/c1-16(2,3)15(20)18-8-10-19(11-9-18)23(21,22)14-6-4-13(12-17)5-7-14/h4-7H,8-11H2,1-3H3. The molecule has 2 rings (SSSR count). The molecule has 124 valence electrons. The number of piperazine rings is 1. The molecule has 23 heavy (non-hydrogen) atoms. The van der Waals surface area contributed by atoms with Crippen LogP contribution >= 0.6 is 0 Å². The van der Waals surface area contributed by atoms with E-state index in [0.29, 0.717) is 18.7 Å². The molecule has 0 saturated carbocycles. The maximum atomic E-state index is 12.6. The second-order valence-electron chi connectivity index (χ2n) is 6.58. The number of carbonyl (C=O) groups is 1. The van der Waals surface area contributed by atoms with E-state index in [9.17, 15) is 13.2 Å². The van der Waals surface area contributed by atoms with Crippen LogP contribution in [0.3, 0.4) is 0 Å². The van der Waals surface area contributed by atoms with Gasteiger partial charge in [0.25, 0.3) is 0 Å². The minimum atomic E-state index is -3.59. The molecular formula is C16H21N3O3S. The molecule has 0 N–H and O–H groups in total. The third-order valence-electron chi connectivity index (χ3n) is 3.79. The predicted octanol–water partition coefficient (Wildman–Crippen LogP) is 1.44. The number of amides is 1. The van der Waals surface area contributed by atoms with Crippen LogP contribution in [0.15, 0.2) is 29.2 Å². The monoisotopic (exact) mass is 335 g/mol. The lowest BCUT2D eigenvalue weighted by molar-refractivity contribution is -0.140. The summed E-state index contributed by atoms with van der Waals surface area (Å²) < 4.78 is 26.6. The number of nitrogens with zero attached hydrogens (tertiary/aromatic N) is 3. The molecule has 0 spiro atoms. The Labute approximate surface area is 137 Å². The van der Waals surface area contributed by atoms with Gasteiger partial charge in [0.2, 0.25) is 15.9 Å². The van der Waals surface area contributed by atoms with Gasteiger partial charge in [0, 0.05) is 31.6 Å². The molecule has 1 aliphatic heterocycles. The normalized spacial score (nSPS) is 16.9. The number of hydrogen-bond acceptors (Lipinski definition) is 4. The van der Waals surface area contributed by atoms with Crippen LogP contribution < -0.4 is 0 Å². The second kappa shape index (κ2) is 6.30. The van der Waals surface area contributed by atoms with Crippen LogP contribution in [0.25, 0.3) is 0 Å². The molecule has 0 atom stereocenters. The number of nitriles is 1. The van der Waals surface area contributed by atoms with Crippen molar-refractivity contribution in [3.63, 3.8) is 0 Å². The molecule has 1 heterocycles. The topological polar surface area (TPSA) is 81.5 Å². The Morgan fingerprint density at radius 3 is 2.04 bits per heavy atom. The van der Waals surface area contributed by atoms with Crippen LogP contribution in [-0.2, 0) is 14.8 Å². The van der Waals surface area contributed by atoms with Crippen molar-refractivity contribution in [3.05, 3.63) is 29.8 Å². The molecular weight excluding hydrogens is 314 g/mol. The molecule has 1 aromatic carbocycles. The highest BCUT2D eigenvalue weighted by molar-refractivity contribution is 7.89. The Kier molecular flexibility index (Phi) is 4.78. The van der Waals surface area contributed by atoms with Gasteiger partial charge in [-0.1, -0.05) is 20.8 Å². The summed E-state index contributed by atoms with van der Waals surface area (Å²) in [5.41, 5.74) is -0.0432. The summed E-state index contributed by atoms with van der Waals surface area (Å²) in [6, 6.07) is 7.84. The lowest BCUT2D eigenvalue weighted by Crippen LogP contribution is -2.52. The zero-order valence-electron chi connectivity index (χ0n) is 13.6. The number of benzene rings is 1. The average molecular weight is 335 g/mol. The van der Waals surface area contributed by atoms with Crippen molar-refractivity contribution in [1.29, 1.82) is 5.26 Å². The second-order valence-corrected chi connectivity index (χ2v) is 8.52. The van der Waals surface area contributed by atoms with Gasteiger partial charge in [-0.25, -0.2) is 8.42 Å². The highest BCUT2D eigenvalue weighted by atomic mass is 32.2. The van der Waals surface area contributed by atoms with Crippen molar-refractivity contribution in [3.8, 4) is 6.07 Å². The molecule has 1 amide bonds. The van der Waals surface area contributed by atoms with Gasteiger partial charge in [0.1, 0.15) is 0 Å². The minimum absolute atomic E-state index is 0.0351. The highest BCUT2D eigenvalue weighted by Gasteiger charge is 2.33. The number of rotatable bonds is 2. The van der Waals surface area contributed by atoms with Crippen molar-refractivity contribution in [2.75, 3.05) is 26.2 Å². The first-order valence-electron chi connectivity index (χ1n) is 7.46. The van der Waals surface area contributed by atoms with E-state index in [4.69, 9.17) is 5.26 Å². The van der Waals surface area contributed by atoms with E-state index in [-0.39, 0.29) is 23.9 Å². The summed E-state index contributed by atoms with van der Waals surface area (Å²) in [4.78, 5) is 14.1. The Morgan fingerprint density at radius 2 is 1.61 bits per heavy atom. The third kappa shape index (κ3) is 3.71. The molecule has 0 bridgehead atoms. The van der Waals surface area contributed by atoms with Crippen LogP contribution in [0.2, 0.25) is 0 Å². The van der Waals surface area contributed by atoms with Crippen molar-refractivity contribution < 1.29 is 13.2 Å². The summed E-state index contributed by atoms with van der Waals surface area (Å²) in [7, 11) is -3.59. The summed E-state index contributed by atoms with van der Waals surface area (Å²) in [6.07, 6.45) is 0. The maximum absolute atomic E-state index is 12.6. The van der Waals surface area contributed by atoms with Gasteiger partial charge < -0.3 is 4.90 Å². The molecule has 7 heteroatoms. The Hall–Kier alpha value is -1.91. The van der Waals surface area contributed by atoms with E-state index < -0.39 is 15.4 Å². The largest absolute Gasteiger partial charge is 0.340 e. The predicted molar refractivity (Wildman–Crippen MR) is 86.0 cm³/mol. The van der Waals surface area contributed by atoms with Gasteiger partial charge in [0.05, 0.1) is 16.5 Å². The SMILES string of the molecule is CC(C)(C)C(=O)N1CCN(S(=O)(=O)c2ccc(C#N)cc2)CC1. The maximum Gasteiger partial charge on any atom is 0.243 e. The summed E-state index contributed by atoms with van der Waals surface area (Å²) in [6.45, 7) is 6.92. The quantitative estimate of drug-likeness (QED) is 0.819. The molecule has 0 aromatic heterocycles. The lowest BCUT2D eigenvalue weighted by Gasteiger charge is -2.37. The molecule has 1 fully saturated rings. The Balaban J connectivity index is 2.09. The molecule has 0 aliphatic carbocycles. The van der Waals surface area contributed by atoms with Crippen molar-refractivity contribution >= 4 is 15.9 Å². The van der Waals surface area contributed by atoms with Crippen molar-refractivity contribution in [2.24, 2.45) is 5.41 Å². The van der Waals surface area contributed by atoms with Crippen molar-refractivity contribution in [2.45, 2.75) is 25.7 Å². The van der Waals surface area contributed by atoms with Gasteiger partial charge in [0.15, 0.2) is 0 Å². The molecule has 1 aromatic rings. The van der Waals surface area contributed by atoms with E-state index in [0.717, 1.165) is 0 Å². The fourth-order valence-electron chi connectivity index (χ4n) is 2.46. The Morgan fingerprint density at radius 1 is 1.09 bits per heavy atom. The third-order valence-corrected chi connectivity index (χ3v) is 5.70. The smallest absolute Gasteiger partial charge is 0.243 e. The van der Waals surface area contributed by atoms with E-state index in [1.165, 1.54) is 28.6 Å². The first-order chi connectivity index (χ1) is 10.7. The number of sulfonamides is 1. The van der Waals surface area contributed by atoms with Crippen LogP contribution in [0.1, 0.15) is 26.3 Å². The number of hydrogen-bond donors (Lipinski definition) is 0. The average Bonchev–Trinajstić information content (AvgIpc) is 2.53.